The Morgan fingerprint density at radius 1 is 1.32 bits per heavy atom. The van der Waals surface area contributed by atoms with Crippen molar-refractivity contribution >= 4 is 5.97 Å². The fourth-order valence-corrected chi connectivity index (χ4v) is 1.80. The van der Waals surface area contributed by atoms with Crippen LogP contribution in [-0.2, 0) is 9.53 Å². The molecule has 0 bridgehead atoms. The van der Waals surface area contributed by atoms with E-state index in [1.807, 2.05) is 0 Å². The standard InChI is InChI=1S/C13H10FN3O2/c1-8-6-12(19-13(8)18)17-7-11(15-16-17)9-2-4-10(14)5-3-9/h2-7,12H,1H3. The summed E-state index contributed by atoms with van der Waals surface area (Å²) in [5, 5.41) is 7.90. The Morgan fingerprint density at radius 2 is 2.05 bits per heavy atom. The van der Waals surface area contributed by atoms with Crippen molar-refractivity contribution in [3.05, 3.63) is 47.9 Å². The fourth-order valence-electron chi connectivity index (χ4n) is 1.80. The van der Waals surface area contributed by atoms with Crippen LogP contribution in [0, 0.1) is 5.82 Å². The Morgan fingerprint density at radius 3 is 2.68 bits per heavy atom. The van der Waals surface area contributed by atoms with Crippen LogP contribution < -0.4 is 0 Å². The first kappa shape index (κ1) is 11.6. The smallest absolute Gasteiger partial charge is 0.335 e. The van der Waals surface area contributed by atoms with Gasteiger partial charge in [0.2, 0.25) is 6.23 Å². The molecule has 19 heavy (non-hydrogen) atoms. The molecule has 0 saturated heterocycles. The summed E-state index contributed by atoms with van der Waals surface area (Å²) in [5.41, 5.74) is 1.88. The number of carbonyl (C=O) groups excluding carboxylic acids is 1. The molecule has 0 amide bonds. The molecule has 0 fully saturated rings. The molecule has 0 N–H and O–H groups in total. The number of hydrogen-bond acceptors (Lipinski definition) is 4. The molecule has 0 spiro atoms. The Hall–Kier alpha value is -2.50. The maximum Gasteiger partial charge on any atom is 0.335 e. The van der Waals surface area contributed by atoms with E-state index < -0.39 is 6.23 Å². The van der Waals surface area contributed by atoms with Gasteiger partial charge in [-0.25, -0.2) is 13.9 Å². The van der Waals surface area contributed by atoms with E-state index in [9.17, 15) is 9.18 Å². The fraction of sp³-hybridized carbons (Fsp3) is 0.154. The zero-order valence-corrected chi connectivity index (χ0v) is 10.1. The van der Waals surface area contributed by atoms with Gasteiger partial charge in [0.25, 0.3) is 0 Å². The molecule has 1 aliphatic rings. The van der Waals surface area contributed by atoms with Crippen LogP contribution in [0.2, 0.25) is 0 Å². The largest absolute Gasteiger partial charge is 0.433 e. The number of ether oxygens (including phenoxy) is 1. The first-order chi connectivity index (χ1) is 9.13. The van der Waals surface area contributed by atoms with Gasteiger partial charge in [-0.15, -0.1) is 5.10 Å². The highest BCUT2D eigenvalue weighted by Crippen LogP contribution is 2.23. The Labute approximate surface area is 108 Å². The van der Waals surface area contributed by atoms with E-state index in [1.165, 1.54) is 16.8 Å². The molecule has 2 heterocycles. The number of hydrogen-bond donors (Lipinski definition) is 0. The number of halogens is 1. The maximum atomic E-state index is 12.8. The third-order valence-electron chi connectivity index (χ3n) is 2.85. The van der Waals surface area contributed by atoms with E-state index in [0.29, 0.717) is 11.3 Å². The molecule has 96 valence electrons. The van der Waals surface area contributed by atoms with Crippen molar-refractivity contribution < 1.29 is 13.9 Å². The molecule has 1 aromatic heterocycles. The SMILES string of the molecule is CC1=CC(n2cc(-c3ccc(F)cc3)nn2)OC1=O. The van der Waals surface area contributed by atoms with E-state index in [1.54, 1.807) is 31.3 Å². The quantitative estimate of drug-likeness (QED) is 0.775. The highest BCUT2D eigenvalue weighted by Gasteiger charge is 2.24. The topological polar surface area (TPSA) is 57.0 Å². The van der Waals surface area contributed by atoms with Crippen LogP contribution in [0.25, 0.3) is 11.3 Å². The molecule has 0 radical (unpaired) electrons. The lowest BCUT2D eigenvalue weighted by Crippen LogP contribution is -2.09. The number of benzene rings is 1. The molecule has 3 rings (SSSR count). The van der Waals surface area contributed by atoms with Crippen LogP contribution in [0.15, 0.2) is 42.1 Å². The van der Waals surface area contributed by atoms with E-state index in [2.05, 4.69) is 10.3 Å². The van der Waals surface area contributed by atoms with Crippen molar-refractivity contribution in [3.63, 3.8) is 0 Å². The number of rotatable bonds is 2. The molecule has 2 aromatic rings. The van der Waals surface area contributed by atoms with Gasteiger partial charge in [-0.2, -0.15) is 0 Å². The van der Waals surface area contributed by atoms with Gasteiger partial charge in [-0.1, -0.05) is 5.21 Å². The zero-order valence-electron chi connectivity index (χ0n) is 10.1. The van der Waals surface area contributed by atoms with E-state index in [0.717, 1.165) is 5.56 Å². The lowest BCUT2D eigenvalue weighted by molar-refractivity contribution is -0.143. The van der Waals surface area contributed by atoms with E-state index in [4.69, 9.17) is 4.74 Å². The second-order valence-electron chi connectivity index (χ2n) is 4.24. The third kappa shape index (κ3) is 2.12. The van der Waals surface area contributed by atoms with Gasteiger partial charge < -0.3 is 4.74 Å². The second kappa shape index (κ2) is 4.31. The van der Waals surface area contributed by atoms with Gasteiger partial charge in [-0.05, 0) is 37.3 Å². The van der Waals surface area contributed by atoms with E-state index in [-0.39, 0.29) is 11.8 Å². The summed E-state index contributed by atoms with van der Waals surface area (Å²) in [4.78, 5) is 11.3. The van der Waals surface area contributed by atoms with Gasteiger partial charge in [0.1, 0.15) is 11.5 Å². The van der Waals surface area contributed by atoms with Crippen LogP contribution in [0.4, 0.5) is 4.39 Å². The first-order valence-electron chi connectivity index (χ1n) is 5.70. The molecule has 1 aromatic carbocycles. The van der Waals surface area contributed by atoms with Crippen molar-refractivity contribution in [2.45, 2.75) is 13.2 Å². The molecule has 1 unspecified atom stereocenters. The molecular weight excluding hydrogens is 249 g/mol. The third-order valence-corrected chi connectivity index (χ3v) is 2.85. The minimum atomic E-state index is -0.561. The Kier molecular flexibility index (Phi) is 2.63. The van der Waals surface area contributed by atoms with Gasteiger partial charge >= 0.3 is 5.97 Å². The van der Waals surface area contributed by atoms with Crippen molar-refractivity contribution in [2.75, 3.05) is 0 Å². The van der Waals surface area contributed by atoms with E-state index >= 15 is 0 Å². The summed E-state index contributed by atoms with van der Waals surface area (Å²) in [6.07, 6.45) is 2.76. The average molecular weight is 259 g/mol. The highest BCUT2D eigenvalue weighted by atomic mass is 19.1. The summed E-state index contributed by atoms with van der Waals surface area (Å²) >= 11 is 0. The molecule has 1 aliphatic heterocycles. The normalized spacial score (nSPS) is 18.3. The monoisotopic (exact) mass is 259 g/mol. The summed E-state index contributed by atoms with van der Waals surface area (Å²) in [6.45, 7) is 1.68. The molecule has 6 heteroatoms. The molecular formula is C13H10FN3O2. The Balaban J connectivity index is 1.88. The number of nitrogens with zero attached hydrogens (tertiary/aromatic N) is 3. The lowest BCUT2D eigenvalue weighted by atomic mass is 10.2. The van der Waals surface area contributed by atoms with Crippen molar-refractivity contribution in [1.82, 2.24) is 15.0 Å². The van der Waals surface area contributed by atoms with Crippen molar-refractivity contribution in [1.29, 1.82) is 0 Å². The van der Waals surface area contributed by atoms with Crippen LogP contribution in [0.1, 0.15) is 13.2 Å². The predicted octanol–water partition coefficient (Wildman–Crippen LogP) is 2.09. The van der Waals surface area contributed by atoms with Gasteiger partial charge in [-0.3, -0.25) is 0 Å². The van der Waals surface area contributed by atoms with Crippen LogP contribution >= 0.6 is 0 Å². The van der Waals surface area contributed by atoms with Crippen LogP contribution in [-0.4, -0.2) is 21.0 Å². The Bertz CT molecular complexity index is 661. The highest BCUT2D eigenvalue weighted by molar-refractivity contribution is 5.89. The van der Waals surface area contributed by atoms with Crippen molar-refractivity contribution in [3.8, 4) is 11.3 Å². The number of esters is 1. The molecule has 5 nitrogen and oxygen atoms in total. The summed E-state index contributed by atoms with van der Waals surface area (Å²) in [7, 11) is 0. The second-order valence-corrected chi connectivity index (χ2v) is 4.24. The summed E-state index contributed by atoms with van der Waals surface area (Å²) < 4.78 is 19.4. The zero-order chi connectivity index (χ0) is 13.4. The number of aromatic nitrogens is 3. The predicted molar refractivity (Wildman–Crippen MR) is 64.3 cm³/mol. The summed E-state index contributed by atoms with van der Waals surface area (Å²) in [5.74, 6) is -0.664. The lowest BCUT2D eigenvalue weighted by Gasteiger charge is -2.06. The van der Waals surface area contributed by atoms with Gasteiger partial charge in [0, 0.05) is 11.1 Å². The van der Waals surface area contributed by atoms with Crippen LogP contribution in [0.5, 0.6) is 0 Å². The minimum Gasteiger partial charge on any atom is -0.433 e. The van der Waals surface area contributed by atoms with Crippen molar-refractivity contribution in [2.24, 2.45) is 0 Å². The molecule has 0 aliphatic carbocycles. The minimum absolute atomic E-state index is 0.306. The molecule has 0 saturated carbocycles. The molecule has 1 atom stereocenters. The summed E-state index contributed by atoms with van der Waals surface area (Å²) in [6, 6.07) is 5.94. The number of carbonyl (C=O) groups is 1. The number of cyclic esters (lactones) is 1. The van der Waals surface area contributed by atoms with Gasteiger partial charge in [0.05, 0.1) is 6.20 Å². The van der Waals surface area contributed by atoms with Gasteiger partial charge in [0.15, 0.2) is 0 Å². The average Bonchev–Trinajstić information content (AvgIpc) is 2.99. The maximum absolute atomic E-state index is 12.8. The first-order valence-corrected chi connectivity index (χ1v) is 5.70. The van der Waals surface area contributed by atoms with Crippen LogP contribution in [0.3, 0.4) is 0 Å².